The Balaban J connectivity index is 1.34. The summed E-state index contributed by atoms with van der Waals surface area (Å²) in [4.78, 5) is 41.6. The number of carbonyl (C=O) groups is 2. The molecule has 0 saturated carbocycles. The van der Waals surface area contributed by atoms with Crippen LogP contribution in [0.15, 0.2) is 36.8 Å². The number of carbonyl (C=O) groups excluding carboxylic acids is 2. The highest BCUT2D eigenvalue weighted by molar-refractivity contribution is 5.93. The summed E-state index contributed by atoms with van der Waals surface area (Å²) in [6, 6.07) is 5.70. The maximum Gasteiger partial charge on any atom is 0.410 e. The lowest BCUT2D eigenvalue weighted by molar-refractivity contribution is 0.0206. The number of aromatic nitrogens is 4. The second kappa shape index (κ2) is 9.05. The van der Waals surface area contributed by atoms with E-state index in [-0.39, 0.29) is 18.2 Å². The van der Waals surface area contributed by atoms with Gasteiger partial charge in [-0.2, -0.15) is 0 Å². The van der Waals surface area contributed by atoms with Crippen LogP contribution in [-0.4, -0.2) is 74.2 Å². The van der Waals surface area contributed by atoms with Gasteiger partial charge in [0.05, 0.1) is 30.0 Å². The molecule has 2 saturated heterocycles. The summed E-state index contributed by atoms with van der Waals surface area (Å²) in [5.41, 5.74) is 1.69. The van der Waals surface area contributed by atoms with Crippen molar-refractivity contribution in [1.29, 1.82) is 0 Å². The summed E-state index contributed by atoms with van der Waals surface area (Å²) in [7, 11) is 0. The molecule has 0 bridgehead atoms. The number of urea groups is 1. The molecule has 1 unspecified atom stereocenters. The molecule has 3 amide bonds. The van der Waals surface area contributed by atoms with Gasteiger partial charge in [0.1, 0.15) is 11.4 Å². The third kappa shape index (κ3) is 4.98. The number of hydrogen-bond donors (Lipinski definition) is 2. The van der Waals surface area contributed by atoms with E-state index in [1.54, 1.807) is 22.2 Å². The topological polar surface area (TPSA) is 117 Å². The highest BCUT2D eigenvalue weighted by Gasteiger charge is 2.28. The molecule has 3 aromatic heterocycles. The highest BCUT2D eigenvalue weighted by Crippen LogP contribution is 2.24. The van der Waals surface area contributed by atoms with Crippen LogP contribution in [-0.2, 0) is 4.74 Å². The first-order valence-electron chi connectivity index (χ1n) is 11.9. The van der Waals surface area contributed by atoms with Crippen LogP contribution >= 0.6 is 0 Å². The number of ether oxygens (including phenoxy) is 1. The van der Waals surface area contributed by atoms with E-state index >= 15 is 0 Å². The van der Waals surface area contributed by atoms with Crippen molar-refractivity contribution in [1.82, 2.24) is 29.6 Å². The number of fused-ring (bicyclic) bond motifs is 1. The van der Waals surface area contributed by atoms with Gasteiger partial charge in [-0.05, 0) is 45.7 Å². The van der Waals surface area contributed by atoms with E-state index in [9.17, 15) is 9.59 Å². The van der Waals surface area contributed by atoms with Crippen LogP contribution in [0.1, 0.15) is 33.6 Å². The lowest BCUT2D eigenvalue weighted by Crippen LogP contribution is -2.47. The van der Waals surface area contributed by atoms with E-state index in [1.807, 2.05) is 49.6 Å². The van der Waals surface area contributed by atoms with E-state index in [0.29, 0.717) is 37.6 Å². The Hall–Kier alpha value is -3.89. The number of pyridine rings is 1. The Morgan fingerprint density at radius 1 is 1.20 bits per heavy atom. The van der Waals surface area contributed by atoms with Crippen LogP contribution < -0.4 is 15.5 Å². The first kappa shape index (κ1) is 22.9. The first-order valence-corrected chi connectivity index (χ1v) is 11.9. The summed E-state index contributed by atoms with van der Waals surface area (Å²) in [5.74, 6) is 1.28. The Morgan fingerprint density at radius 2 is 2.06 bits per heavy atom. The molecule has 11 nitrogen and oxygen atoms in total. The standard InChI is InChI=1S/C24H30N8O3/c1-24(2,3)35-23(34)30-10-5-6-16(14-30)28-19-8-4-7-17(29-19)18-12-26-20-13-27-21(15-32(18)20)31-11-9-25-22(31)33/h4,7-8,12-13,15-16H,5-6,9-11,14H2,1-3H3,(H,25,33)(H,28,29). The van der Waals surface area contributed by atoms with Crippen molar-refractivity contribution in [3.05, 3.63) is 36.8 Å². The average molecular weight is 479 g/mol. The summed E-state index contributed by atoms with van der Waals surface area (Å²) < 4.78 is 7.43. The number of amides is 3. The van der Waals surface area contributed by atoms with Gasteiger partial charge < -0.3 is 20.3 Å². The Bertz CT molecular complexity index is 1250. The average Bonchev–Trinajstić information content (AvgIpc) is 3.44. The van der Waals surface area contributed by atoms with Gasteiger partial charge in [0.25, 0.3) is 0 Å². The van der Waals surface area contributed by atoms with Crippen molar-refractivity contribution in [2.24, 2.45) is 0 Å². The fourth-order valence-electron chi connectivity index (χ4n) is 4.35. The predicted octanol–water partition coefficient (Wildman–Crippen LogP) is 3.13. The quantitative estimate of drug-likeness (QED) is 0.592. The number of rotatable bonds is 4. The van der Waals surface area contributed by atoms with E-state index in [2.05, 4.69) is 20.6 Å². The molecule has 3 aromatic rings. The summed E-state index contributed by atoms with van der Waals surface area (Å²) in [5, 5.41) is 6.27. The number of imidazole rings is 1. The second-order valence-corrected chi connectivity index (χ2v) is 9.82. The molecule has 0 spiro atoms. The highest BCUT2D eigenvalue weighted by atomic mass is 16.6. The zero-order valence-electron chi connectivity index (χ0n) is 20.2. The smallest absolute Gasteiger partial charge is 0.410 e. The second-order valence-electron chi connectivity index (χ2n) is 9.82. The minimum atomic E-state index is -0.519. The SMILES string of the molecule is CC(C)(C)OC(=O)N1CCCC(Nc2cccc(-c3cnc4cnc(N5CCNC5=O)cn34)n2)C1. The molecule has 5 heterocycles. The van der Waals surface area contributed by atoms with Gasteiger partial charge in [0.2, 0.25) is 0 Å². The van der Waals surface area contributed by atoms with Gasteiger partial charge in [0.15, 0.2) is 11.5 Å². The van der Waals surface area contributed by atoms with Crippen molar-refractivity contribution in [2.45, 2.75) is 45.3 Å². The van der Waals surface area contributed by atoms with Crippen molar-refractivity contribution >= 4 is 29.4 Å². The Kier molecular flexibility index (Phi) is 5.91. The molecule has 5 rings (SSSR count). The number of anilines is 2. The van der Waals surface area contributed by atoms with Crippen molar-refractivity contribution in [2.75, 3.05) is 36.4 Å². The Morgan fingerprint density at radius 3 is 2.83 bits per heavy atom. The van der Waals surface area contributed by atoms with Gasteiger partial charge in [-0.15, -0.1) is 0 Å². The summed E-state index contributed by atoms with van der Waals surface area (Å²) in [6.07, 6.45) is 6.76. The number of nitrogens with one attached hydrogen (secondary N) is 2. The molecule has 2 N–H and O–H groups in total. The number of piperidine rings is 1. The lowest BCUT2D eigenvalue weighted by Gasteiger charge is -2.34. The van der Waals surface area contributed by atoms with Crippen LogP contribution in [0.25, 0.3) is 17.0 Å². The van der Waals surface area contributed by atoms with E-state index < -0.39 is 5.60 Å². The monoisotopic (exact) mass is 478 g/mol. The van der Waals surface area contributed by atoms with Gasteiger partial charge >= 0.3 is 12.1 Å². The van der Waals surface area contributed by atoms with Crippen LogP contribution in [0.3, 0.4) is 0 Å². The molecular weight excluding hydrogens is 448 g/mol. The van der Waals surface area contributed by atoms with Crippen LogP contribution in [0, 0.1) is 0 Å². The van der Waals surface area contributed by atoms with E-state index in [0.717, 1.165) is 30.0 Å². The molecule has 0 aliphatic carbocycles. The zero-order chi connectivity index (χ0) is 24.6. The van der Waals surface area contributed by atoms with E-state index in [4.69, 9.17) is 9.72 Å². The molecular formula is C24H30N8O3. The largest absolute Gasteiger partial charge is 0.444 e. The van der Waals surface area contributed by atoms with Crippen molar-refractivity contribution in [3.63, 3.8) is 0 Å². The van der Waals surface area contributed by atoms with Crippen molar-refractivity contribution in [3.8, 4) is 11.4 Å². The molecule has 2 aliphatic heterocycles. The van der Waals surface area contributed by atoms with Gasteiger partial charge in [0, 0.05) is 32.2 Å². The van der Waals surface area contributed by atoms with Gasteiger partial charge in [-0.25, -0.2) is 24.5 Å². The molecule has 0 aromatic carbocycles. The molecule has 11 heteroatoms. The van der Waals surface area contributed by atoms with Crippen LogP contribution in [0.2, 0.25) is 0 Å². The Labute approximate surface area is 203 Å². The maximum absolute atomic E-state index is 12.5. The first-order chi connectivity index (χ1) is 16.8. The normalized spacial score (nSPS) is 18.6. The van der Waals surface area contributed by atoms with Gasteiger partial charge in [-0.1, -0.05) is 6.07 Å². The summed E-state index contributed by atoms with van der Waals surface area (Å²) in [6.45, 7) is 8.03. The number of nitrogens with zero attached hydrogens (tertiary/aromatic N) is 6. The maximum atomic E-state index is 12.5. The number of hydrogen-bond acceptors (Lipinski definition) is 7. The molecule has 35 heavy (non-hydrogen) atoms. The van der Waals surface area contributed by atoms with Gasteiger partial charge in [-0.3, -0.25) is 9.30 Å². The minimum Gasteiger partial charge on any atom is -0.444 e. The summed E-state index contributed by atoms with van der Waals surface area (Å²) >= 11 is 0. The third-order valence-electron chi connectivity index (χ3n) is 5.95. The fourth-order valence-corrected chi connectivity index (χ4v) is 4.35. The molecule has 2 aliphatic rings. The molecule has 2 fully saturated rings. The van der Waals surface area contributed by atoms with E-state index in [1.165, 1.54) is 0 Å². The molecule has 1 atom stereocenters. The van der Waals surface area contributed by atoms with Crippen LogP contribution in [0.5, 0.6) is 0 Å². The molecule has 184 valence electrons. The minimum absolute atomic E-state index is 0.0747. The van der Waals surface area contributed by atoms with Crippen LogP contribution in [0.4, 0.5) is 21.2 Å². The predicted molar refractivity (Wildman–Crippen MR) is 131 cm³/mol. The third-order valence-corrected chi connectivity index (χ3v) is 5.95. The zero-order valence-corrected chi connectivity index (χ0v) is 20.2. The fraction of sp³-hybridized carbons (Fsp3) is 0.458. The molecule has 0 radical (unpaired) electrons. The lowest BCUT2D eigenvalue weighted by atomic mass is 10.1. The van der Waals surface area contributed by atoms with Crippen molar-refractivity contribution < 1.29 is 14.3 Å². The number of likely N-dealkylation sites (tertiary alicyclic amines) is 1.